The summed E-state index contributed by atoms with van der Waals surface area (Å²) in [6.07, 6.45) is 2.16. The predicted octanol–water partition coefficient (Wildman–Crippen LogP) is 3.63. The number of nitrogens with zero attached hydrogens (tertiary/aromatic N) is 2. The van der Waals surface area contributed by atoms with Crippen molar-refractivity contribution in [2.24, 2.45) is 0 Å². The number of hydrogen-bond donors (Lipinski definition) is 0. The molecule has 0 saturated carbocycles. The van der Waals surface area contributed by atoms with Gasteiger partial charge in [0, 0.05) is 13.0 Å². The molecule has 0 spiro atoms. The molecule has 86 valence electrons. The molecule has 0 N–H and O–H groups in total. The Labute approximate surface area is 97.3 Å². The molecule has 0 unspecified atom stereocenters. The van der Waals surface area contributed by atoms with E-state index in [4.69, 9.17) is 4.98 Å². The third-order valence-electron chi connectivity index (χ3n) is 3.21. The molecule has 2 nitrogen and oxygen atoms in total. The fourth-order valence-electron chi connectivity index (χ4n) is 2.17. The van der Waals surface area contributed by atoms with E-state index in [1.807, 2.05) is 0 Å². The summed E-state index contributed by atoms with van der Waals surface area (Å²) in [5, 5.41) is 0. The van der Waals surface area contributed by atoms with Crippen LogP contribution in [0.3, 0.4) is 0 Å². The zero-order chi connectivity index (χ0) is 11.7. The second-order valence-corrected chi connectivity index (χ2v) is 4.46. The molecule has 0 amide bonds. The first-order valence-electron chi connectivity index (χ1n) is 6.13. The first-order chi connectivity index (χ1) is 7.67. The lowest BCUT2D eigenvalue weighted by molar-refractivity contribution is 0.659. The van der Waals surface area contributed by atoms with Gasteiger partial charge < -0.3 is 4.57 Å². The maximum Gasteiger partial charge on any atom is 0.109 e. The van der Waals surface area contributed by atoms with Crippen molar-refractivity contribution in [3.05, 3.63) is 29.1 Å². The van der Waals surface area contributed by atoms with Gasteiger partial charge in [-0.05, 0) is 43.5 Å². The average Bonchev–Trinajstić information content (AvgIpc) is 2.58. The topological polar surface area (TPSA) is 17.8 Å². The number of benzene rings is 1. The molecule has 16 heavy (non-hydrogen) atoms. The summed E-state index contributed by atoms with van der Waals surface area (Å²) in [6, 6.07) is 4.47. The Hall–Kier alpha value is -1.31. The quantitative estimate of drug-likeness (QED) is 0.766. The van der Waals surface area contributed by atoms with Crippen molar-refractivity contribution < 1.29 is 0 Å². The smallest absolute Gasteiger partial charge is 0.109 e. The standard InChI is InChI=1S/C14H20N2/c1-5-7-16-13-9-11(4)10(3)8-12(13)15-14(16)6-2/h8-9H,5-7H2,1-4H3. The molecule has 2 heteroatoms. The van der Waals surface area contributed by atoms with Gasteiger partial charge in [-0.3, -0.25) is 0 Å². The molecule has 0 aliphatic rings. The van der Waals surface area contributed by atoms with Crippen molar-refractivity contribution in [2.45, 2.75) is 47.1 Å². The molecule has 0 fully saturated rings. The van der Waals surface area contributed by atoms with E-state index in [1.165, 1.54) is 22.5 Å². The van der Waals surface area contributed by atoms with E-state index in [2.05, 4.69) is 44.4 Å². The van der Waals surface area contributed by atoms with Crippen molar-refractivity contribution in [3.8, 4) is 0 Å². The van der Waals surface area contributed by atoms with E-state index < -0.39 is 0 Å². The largest absolute Gasteiger partial charge is 0.328 e. The molecule has 0 atom stereocenters. The number of fused-ring (bicyclic) bond motifs is 1. The Bertz CT molecular complexity index is 509. The summed E-state index contributed by atoms with van der Waals surface area (Å²) in [5.41, 5.74) is 5.12. The van der Waals surface area contributed by atoms with Crippen molar-refractivity contribution in [3.63, 3.8) is 0 Å². The first-order valence-corrected chi connectivity index (χ1v) is 6.13. The molecule has 0 radical (unpaired) electrons. The zero-order valence-corrected chi connectivity index (χ0v) is 10.7. The number of hydrogen-bond acceptors (Lipinski definition) is 1. The summed E-state index contributed by atoms with van der Waals surface area (Å²) >= 11 is 0. The van der Waals surface area contributed by atoms with Gasteiger partial charge in [-0.2, -0.15) is 0 Å². The Morgan fingerprint density at radius 3 is 2.44 bits per heavy atom. The molecule has 0 bridgehead atoms. The van der Waals surface area contributed by atoms with Crippen LogP contribution in [0.25, 0.3) is 11.0 Å². The molecular formula is C14H20N2. The van der Waals surface area contributed by atoms with E-state index in [9.17, 15) is 0 Å². The van der Waals surface area contributed by atoms with Gasteiger partial charge in [0.1, 0.15) is 5.82 Å². The van der Waals surface area contributed by atoms with Gasteiger partial charge >= 0.3 is 0 Å². The van der Waals surface area contributed by atoms with E-state index in [0.717, 1.165) is 24.9 Å². The fraction of sp³-hybridized carbons (Fsp3) is 0.500. The van der Waals surface area contributed by atoms with Gasteiger partial charge in [-0.25, -0.2) is 4.98 Å². The van der Waals surface area contributed by atoms with Crippen LogP contribution in [-0.2, 0) is 13.0 Å². The Morgan fingerprint density at radius 1 is 1.12 bits per heavy atom. The first kappa shape index (κ1) is 11.2. The molecule has 2 rings (SSSR count). The van der Waals surface area contributed by atoms with Crippen LogP contribution in [-0.4, -0.2) is 9.55 Å². The number of aryl methyl sites for hydroxylation is 4. The van der Waals surface area contributed by atoms with E-state index >= 15 is 0 Å². The van der Waals surface area contributed by atoms with Crippen LogP contribution in [0.1, 0.15) is 37.2 Å². The number of aromatic nitrogens is 2. The summed E-state index contributed by atoms with van der Waals surface area (Å²) in [4.78, 5) is 4.71. The molecule has 1 aromatic heterocycles. The zero-order valence-electron chi connectivity index (χ0n) is 10.7. The Kier molecular flexibility index (Phi) is 2.99. The highest BCUT2D eigenvalue weighted by Crippen LogP contribution is 2.21. The summed E-state index contributed by atoms with van der Waals surface area (Å²) in [6.45, 7) is 9.78. The molecule has 0 saturated heterocycles. The highest BCUT2D eigenvalue weighted by molar-refractivity contribution is 5.78. The average molecular weight is 216 g/mol. The van der Waals surface area contributed by atoms with E-state index in [1.54, 1.807) is 0 Å². The molecule has 0 aliphatic heterocycles. The van der Waals surface area contributed by atoms with Crippen LogP contribution in [0, 0.1) is 13.8 Å². The second-order valence-electron chi connectivity index (χ2n) is 4.46. The highest BCUT2D eigenvalue weighted by Gasteiger charge is 2.09. The summed E-state index contributed by atoms with van der Waals surface area (Å²) in [7, 11) is 0. The lowest BCUT2D eigenvalue weighted by Gasteiger charge is -2.06. The van der Waals surface area contributed by atoms with E-state index in [0.29, 0.717) is 0 Å². The second kappa shape index (κ2) is 4.28. The third kappa shape index (κ3) is 1.73. The highest BCUT2D eigenvalue weighted by atomic mass is 15.1. The third-order valence-corrected chi connectivity index (χ3v) is 3.21. The number of imidazole rings is 1. The van der Waals surface area contributed by atoms with Gasteiger partial charge in [0.2, 0.25) is 0 Å². The van der Waals surface area contributed by atoms with Crippen LogP contribution >= 0.6 is 0 Å². The van der Waals surface area contributed by atoms with Crippen LogP contribution in [0.15, 0.2) is 12.1 Å². The fourth-order valence-corrected chi connectivity index (χ4v) is 2.17. The van der Waals surface area contributed by atoms with Crippen LogP contribution in [0.5, 0.6) is 0 Å². The van der Waals surface area contributed by atoms with Crippen LogP contribution in [0.4, 0.5) is 0 Å². The van der Waals surface area contributed by atoms with Crippen molar-refractivity contribution >= 4 is 11.0 Å². The molecule has 1 aromatic carbocycles. The minimum Gasteiger partial charge on any atom is -0.328 e. The van der Waals surface area contributed by atoms with Crippen molar-refractivity contribution in [1.29, 1.82) is 0 Å². The normalized spacial score (nSPS) is 11.2. The molecular weight excluding hydrogens is 196 g/mol. The predicted molar refractivity (Wildman–Crippen MR) is 68.9 cm³/mol. The summed E-state index contributed by atoms with van der Waals surface area (Å²) in [5.74, 6) is 1.21. The molecule has 0 aliphatic carbocycles. The van der Waals surface area contributed by atoms with Gasteiger partial charge in [-0.15, -0.1) is 0 Å². The maximum absolute atomic E-state index is 4.71. The van der Waals surface area contributed by atoms with Crippen LogP contribution < -0.4 is 0 Å². The van der Waals surface area contributed by atoms with Crippen molar-refractivity contribution in [2.75, 3.05) is 0 Å². The van der Waals surface area contributed by atoms with Crippen LogP contribution in [0.2, 0.25) is 0 Å². The van der Waals surface area contributed by atoms with Gasteiger partial charge in [0.05, 0.1) is 11.0 Å². The van der Waals surface area contributed by atoms with Crippen molar-refractivity contribution in [1.82, 2.24) is 9.55 Å². The molecule has 1 heterocycles. The monoisotopic (exact) mass is 216 g/mol. The minimum atomic E-state index is 1.01. The summed E-state index contributed by atoms with van der Waals surface area (Å²) < 4.78 is 2.36. The minimum absolute atomic E-state index is 1.01. The van der Waals surface area contributed by atoms with E-state index in [-0.39, 0.29) is 0 Å². The maximum atomic E-state index is 4.71. The van der Waals surface area contributed by atoms with Gasteiger partial charge in [0.15, 0.2) is 0 Å². The van der Waals surface area contributed by atoms with Gasteiger partial charge in [0.25, 0.3) is 0 Å². The Balaban J connectivity index is 2.69. The van der Waals surface area contributed by atoms with Gasteiger partial charge in [-0.1, -0.05) is 13.8 Å². The number of rotatable bonds is 3. The lowest BCUT2D eigenvalue weighted by Crippen LogP contribution is -2.02. The Morgan fingerprint density at radius 2 is 1.81 bits per heavy atom. The SMILES string of the molecule is CCCn1c(CC)nc2cc(C)c(C)cc21. The molecule has 2 aromatic rings. The lowest BCUT2D eigenvalue weighted by atomic mass is 10.1.